The van der Waals surface area contributed by atoms with Gasteiger partial charge in [-0.05, 0) is 18.6 Å². The molecule has 0 amide bonds. The molecular formula is C12H18N2O. The Morgan fingerprint density at radius 2 is 2.13 bits per heavy atom. The summed E-state index contributed by atoms with van der Waals surface area (Å²) in [6.45, 7) is 5.74. The van der Waals surface area contributed by atoms with E-state index in [9.17, 15) is 0 Å². The first-order chi connectivity index (χ1) is 7.40. The summed E-state index contributed by atoms with van der Waals surface area (Å²) in [5.41, 5.74) is 1.20. The number of aryl methyl sites for hydroxylation is 1. The Morgan fingerprint density at radius 3 is 2.87 bits per heavy atom. The van der Waals surface area contributed by atoms with Gasteiger partial charge >= 0.3 is 0 Å². The van der Waals surface area contributed by atoms with Gasteiger partial charge in [0.15, 0.2) is 0 Å². The number of nitrogens with zero attached hydrogens (tertiary/aromatic N) is 2. The first kappa shape index (κ1) is 10.4. The third-order valence-electron chi connectivity index (χ3n) is 2.63. The molecule has 15 heavy (non-hydrogen) atoms. The van der Waals surface area contributed by atoms with Crippen molar-refractivity contribution in [2.24, 2.45) is 0 Å². The Bertz CT molecular complexity index is 308. The zero-order valence-electron chi connectivity index (χ0n) is 9.28. The van der Waals surface area contributed by atoms with E-state index in [1.807, 2.05) is 0 Å². The zero-order valence-corrected chi connectivity index (χ0v) is 9.28. The molecule has 3 heteroatoms. The van der Waals surface area contributed by atoms with E-state index in [2.05, 4.69) is 35.0 Å². The van der Waals surface area contributed by atoms with E-state index in [4.69, 9.17) is 4.74 Å². The van der Waals surface area contributed by atoms with E-state index in [1.54, 1.807) is 0 Å². The molecule has 0 bridgehead atoms. The van der Waals surface area contributed by atoms with E-state index in [0.29, 0.717) is 0 Å². The van der Waals surface area contributed by atoms with Crippen LogP contribution in [0.25, 0.3) is 0 Å². The summed E-state index contributed by atoms with van der Waals surface area (Å²) in [7, 11) is 0. The van der Waals surface area contributed by atoms with Gasteiger partial charge in [0.2, 0.25) is 0 Å². The monoisotopic (exact) mass is 206 g/mol. The number of hydrogen-bond donors (Lipinski definition) is 0. The highest BCUT2D eigenvalue weighted by atomic mass is 16.5. The predicted molar refractivity (Wildman–Crippen MR) is 61.3 cm³/mol. The SMILES string of the molecule is CCCc1cccc(N2CCOCC2)n1. The Morgan fingerprint density at radius 1 is 1.33 bits per heavy atom. The number of hydrogen-bond acceptors (Lipinski definition) is 3. The van der Waals surface area contributed by atoms with E-state index >= 15 is 0 Å². The van der Waals surface area contributed by atoms with Gasteiger partial charge in [0.25, 0.3) is 0 Å². The molecule has 1 aliphatic heterocycles. The standard InChI is InChI=1S/C12H18N2O/c1-2-4-11-5-3-6-12(13-11)14-7-9-15-10-8-14/h3,5-6H,2,4,7-10H2,1H3. The smallest absolute Gasteiger partial charge is 0.128 e. The van der Waals surface area contributed by atoms with Crippen molar-refractivity contribution >= 4 is 5.82 Å². The molecule has 1 aromatic heterocycles. The van der Waals surface area contributed by atoms with Crippen LogP contribution in [0.5, 0.6) is 0 Å². The molecule has 1 aliphatic rings. The van der Waals surface area contributed by atoms with Crippen LogP contribution in [0.4, 0.5) is 5.82 Å². The number of morpholine rings is 1. The quantitative estimate of drug-likeness (QED) is 0.755. The third kappa shape index (κ3) is 2.69. The lowest BCUT2D eigenvalue weighted by Crippen LogP contribution is -2.36. The average Bonchev–Trinajstić information content (AvgIpc) is 2.31. The van der Waals surface area contributed by atoms with Crippen LogP contribution >= 0.6 is 0 Å². The summed E-state index contributed by atoms with van der Waals surface area (Å²) < 4.78 is 5.33. The van der Waals surface area contributed by atoms with Gasteiger partial charge in [-0.1, -0.05) is 19.4 Å². The lowest BCUT2D eigenvalue weighted by atomic mass is 10.2. The highest BCUT2D eigenvalue weighted by molar-refractivity contribution is 5.39. The summed E-state index contributed by atoms with van der Waals surface area (Å²) in [5, 5.41) is 0. The van der Waals surface area contributed by atoms with Gasteiger partial charge in [0, 0.05) is 18.8 Å². The first-order valence-electron chi connectivity index (χ1n) is 5.69. The van der Waals surface area contributed by atoms with E-state index in [-0.39, 0.29) is 0 Å². The van der Waals surface area contributed by atoms with Crippen molar-refractivity contribution in [3.05, 3.63) is 23.9 Å². The van der Waals surface area contributed by atoms with Crippen LogP contribution in [-0.4, -0.2) is 31.3 Å². The zero-order chi connectivity index (χ0) is 10.5. The van der Waals surface area contributed by atoms with Crippen molar-refractivity contribution in [2.75, 3.05) is 31.2 Å². The largest absolute Gasteiger partial charge is 0.378 e. The Hall–Kier alpha value is -1.09. The molecule has 0 N–H and O–H groups in total. The van der Waals surface area contributed by atoms with Crippen LogP contribution in [0.1, 0.15) is 19.0 Å². The minimum Gasteiger partial charge on any atom is -0.378 e. The summed E-state index contributed by atoms with van der Waals surface area (Å²) in [4.78, 5) is 6.95. The van der Waals surface area contributed by atoms with Crippen LogP contribution in [0.3, 0.4) is 0 Å². The molecule has 1 aromatic rings. The molecule has 0 atom stereocenters. The lowest BCUT2D eigenvalue weighted by Gasteiger charge is -2.28. The second-order valence-corrected chi connectivity index (χ2v) is 3.84. The van der Waals surface area contributed by atoms with Crippen molar-refractivity contribution in [3.63, 3.8) is 0 Å². The molecule has 0 spiro atoms. The molecule has 0 unspecified atom stereocenters. The number of pyridine rings is 1. The molecule has 0 radical (unpaired) electrons. The van der Waals surface area contributed by atoms with Gasteiger partial charge in [-0.15, -0.1) is 0 Å². The van der Waals surface area contributed by atoms with Crippen LogP contribution in [0, 0.1) is 0 Å². The molecule has 0 saturated carbocycles. The number of ether oxygens (including phenoxy) is 1. The molecular weight excluding hydrogens is 188 g/mol. The predicted octanol–water partition coefficient (Wildman–Crippen LogP) is 1.87. The maximum absolute atomic E-state index is 5.33. The molecule has 2 heterocycles. The van der Waals surface area contributed by atoms with Crippen LogP contribution in [-0.2, 0) is 11.2 Å². The van der Waals surface area contributed by atoms with E-state index in [1.165, 1.54) is 5.69 Å². The molecule has 1 saturated heterocycles. The number of anilines is 1. The second kappa shape index (κ2) is 5.12. The molecule has 2 rings (SSSR count). The highest BCUT2D eigenvalue weighted by Gasteiger charge is 2.12. The van der Waals surface area contributed by atoms with Crippen LogP contribution < -0.4 is 4.90 Å². The minimum atomic E-state index is 0.819. The van der Waals surface area contributed by atoms with Crippen LogP contribution in [0.2, 0.25) is 0 Å². The molecule has 0 aliphatic carbocycles. The molecule has 0 aromatic carbocycles. The van der Waals surface area contributed by atoms with Crippen molar-refractivity contribution < 1.29 is 4.74 Å². The van der Waals surface area contributed by atoms with Gasteiger partial charge in [0.1, 0.15) is 5.82 Å². The van der Waals surface area contributed by atoms with Crippen molar-refractivity contribution in [1.29, 1.82) is 0 Å². The Labute approximate surface area is 91.1 Å². The van der Waals surface area contributed by atoms with E-state index < -0.39 is 0 Å². The van der Waals surface area contributed by atoms with Gasteiger partial charge in [-0.25, -0.2) is 4.98 Å². The van der Waals surface area contributed by atoms with Gasteiger partial charge in [-0.2, -0.15) is 0 Å². The maximum atomic E-state index is 5.33. The van der Waals surface area contributed by atoms with Gasteiger partial charge in [0.05, 0.1) is 13.2 Å². The highest BCUT2D eigenvalue weighted by Crippen LogP contribution is 2.13. The first-order valence-corrected chi connectivity index (χ1v) is 5.69. The molecule has 3 nitrogen and oxygen atoms in total. The number of aromatic nitrogens is 1. The Balaban J connectivity index is 2.09. The Kier molecular flexibility index (Phi) is 3.56. The van der Waals surface area contributed by atoms with Crippen molar-refractivity contribution in [3.8, 4) is 0 Å². The fourth-order valence-electron chi connectivity index (χ4n) is 1.83. The average molecular weight is 206 g/mol. The fraction of sp³-hybridized carbons (Fsp3) is 0.583. The summed E-state index contributed by atoms with van der Waals surface area (Å²) >= 11 is 0. The fourth-order valence-corrected chi connectivity index (χ4v) is 1.83. The lowest BCUT2D eigenvalue weighted by molar-refractivity contribution is 0.122. The van der Waals surface area contributed by atoms with Crippen LogP contribution in [0.15, 0.2) is 18.2 Å². The summed E-state index contributed by atoms with van der Waals surface area (Å²) in [6, 6.07) is 6.29. The van der Waals surface area contributed by atoms with Crippen molar-refractivity contribution in [1.82, 2.24) is 4.98 Å². The molecule has 82 valence electrons. The summed E-state index contributed by atoms with van der Waals surface area (Å²) in [6.07, 6.45) is 2.22. The maximum Gasteiger partial charge on any atom is 0.128 e. The summed E-state index contributed by atoms with van der Waals surface area (Å²) in [5.74, 6) is 1.10. The second-order valence-electron chi connectivity index (χ2n) is 3.84. The topological polar surface area (TPSA) is 25.4 Å². The van der Waals surface area contributed by atoms with Gasteiger partial charge < -0.3 is 9.64 Å². The van der Waals surface area contributed by atoms with Gasteiger partial charge in [-0.3, -0.25) is 0 Å². The molecule has 1 fully saturated rings. The third-order valence-corrected chi connectivity index (χ3v) is 2.63. The van der Waals surface area contributed by atoms with E-state index in [0.717, 1.165) is 45.0 Å². The van der Waals surface area contributed by atoms with Crippen molar-refractivity contribution in [2.45, 2.75) is 19.8 Å². The number of rotatable bonds is 3. The normalized spacial score (nSPS) is 16.7. The minimum absolute atomic E-state index is 0.819.